The zero-order valence-electron chi connectivity index (χ0n) is 15.7. The van der Waals surface area contributed by atoms with E-state index in [1.54, 1.807) is 24.3 Å². The number of carbonyl (C=O) groups is 1. The monoisotopic (exact) mass is 383 g/mol. The van der Waals surface area contributed by atoms with Gasteiger partial charge in [0, 0.05) is 24.7 Å². The summed E-state index contributed by atoms with van der Waals surface area (Å²) in [6, 6.07) is 13.1. The fourth-order valence-electron chi connectivity index (χ4n) is 3.41. The number of hydrogen-bond donors (Lipinski definition) is 3. The van der Waals surface area contributed by atoms with E-state index in [0.717, 1.165) is 31.6 Å². The first-order valence-electron chi connectivity index (χ1n) is 9.15. The van der Waals surface area contributed by atoms with E-state index in [4.69, 9.17) is 12.2 Å². The van der Waals surface area contributed by atoms with Crippen LogP contribution in [0.4, 0.5) is 11.4 Å². The van der Waals surface area contributed by atoms with Crippen LogP contribution in [0.2, 0.25) is 0 Å². The van der Waals surface area contributed by atoms with E-state index < -0.39 is 0 Å². The minimum Gasteiger partial charge on any atom is -0.506 e. The standard InChI is InChI=1S/C21H25N3O2S/c1-14-11-15(2)13-17(12-14)22-21(27)24-9-7-16(8-10-24)20(26)23-18-5-3-4-6-19(18)25/h3-6,11-13,16,25H,7-10H2,1-2H3,(H,22,27)(H,23,26). The maximum Gasteiger partial charge on any atom is 0.227 e. The highest BCUT2D eigenvalue weighted by atomic mass is 32.1. The maximum absolute atomic E-state index is 12.5. The summed E-state index contributed by atoms with van der Waals surface area (Å²) in [7, 11) is 0. The zero-order chi connectivity index (χ0) is 19.4. The third kappa shape index (κ3) is 4.98. The largest absolute Gasteiger partial charge is 0.506 e. The minimum atomic E-state index is -0.0788. The molecule has 6 heteroatoms. The number of thiocarbonyl (C=S) groups is 1. The van der Waals surface area contributed by atoms with Gasteiger partial charge in [0.2, 0.25) is 5.91 Å². The van der Waals surface area contributed by atoms with Crippen LogP contribution in [0.5, 0.6) is 5.75 Å². The number of hydrogen-bond acceptors (Lipinski definition) is 3. The van der Waals surface area contributed by atoms with Crippen LogP contribution in [-0.2, 0) is 4.79 Å². The Kier molecular flexibility index (Phi) is 5.96. The van der Waals surface area contributed by atoms with Crippen LogP contribution in [0.1, 0.15) is 24.0 Å². The molecule has 1 saturated heterocycles. The van der Waals surface area contributed by atoms with E-state index in [9.17, 15) is 9.90 Å². The van der Waals surface area contributed by atoms with Crippen LogP contribution in [0.3, 0.4) is 0 Å². The summed E-state index contributed by atoms with van der Waals surface area (Å²) >= 11 is 5.55. The molecule has 5 nitrogen and oxygen atoms in total. The molecule has 2 aromatic rings. The number of nitrogens with zero attached hydrogens (tertiary/aromatic N) is 1. The van der Waals surface area contributed by atoms with Gasteiger partial charge in [-0.05, 0) is 74.3 Å². The van der Waals surface area contributed by atoms with Crippen molar-refractivity contribution in [2.75, 3.05) is 23.7 Å². The first kappa shape index (κ1) is 19.2. The molecular weight excluding hydrogens is 358 g/mol. The highest BCUT2D eigenvalue weighted by Gasteiger charge is 2.26. The number of para-hydroxylation sites is 2. The molecule has 3 N–H and O–H groups in total. The Morgan fingerprint density at radius 3 is 2.33 bits per heavy atom. The molecular formula is C21H25N3O2S. The molecule has 0 atom stereocenters. The van der Waals surface area contributed by atoms with Crippen molar-refractivity contribution >= 4 is 34.6 Å². The van der Waals surface area contributed by atoms with Gasteiger partial charge in [0.25, 0.3) is 0 Å². The van der Waals surface area contributed by atoms with E-state index in [2.05, 4.69) is 47.6 Å². The van der Waals surface area contributed by atoms with Gasteiger partial charge >= 0.3 is 0 Å². The summed E-state index contributed by atoms with van der Waals surface area (Å²) in [5, 5.41) is 16.6. The molecule has 1 aliphatic rings. The lowest BCUT2D eigenvalue weighted by Crippen LogP contribution is -2.43. The first-order chi connectivity index (χ1) is 12.9. The van der Waals surface area contributed by atoms with Gasteiger partial charge in [-0.25, -0.2) is 0 Å². The molecule has 0 aromatic heterocycles. The fraction of sp³-hybridized carbons (Fsp3) is 0.333. The molecule has 142 valence electrons. The third-order valence-corrected chi connectivity index (χ3v) is 5.15. The maximum atomic E-state index is 12.5. The second kappa shape index (κ2) is 8.39. The number of anilines is 2. The Hall–Kier alpha value is -2.60. The molecule has 1 heterocycles. The predicted octanol–water partition coefficient (Wildman–Crippen LogP) is 4.06. The Labute approximate surface area is 165 Å². The average Bonchev–Trinajstić information content (AvgIpc) is 2.63. The summed E-state index contributed by atoms with van der Waals surface area (Å²) in [6.07, 6.45) is 1.46. The Bertz CT molecular complexity index is 825. The molecule has 27 heavy (non-hydrogen) atoms. The molecule has 2 aromatic carbocycles. The van der Waals surface area contributed by atoms with Crippen molar-refractivity contribution in [1.82, 2.24) is 4.90 Å². The van der Waals surface area contributed by atoms with Crippen molar-refractivity contribution in [2.45, 2.75) is 26.7 Å². The lowest BCUT2D eigenvalue weighted by atomic mass is 9.96. The minimum absolute atomic E-state index is 0.0515. The van der Waals surface area contributed by atoms with Gasteiger partial charge < -0.3 is 20.6 Å². The highest BCUT2D eigenvalue weighted by molar-refractivity contribution is 7.80. The molecule has 0 spiro atoms. The van der Waals surface area contributed by atoms with Crippen molar-refractivity contribution in [3.05, 3.63) is 53.6 Å². The molecule has 0 unspecified atom stereocenters. The summed E-state index contributed by atoms with van der Waals surface area (Å²) < 4.78 is 0. The molecule has 0 saturated carbocycles. The molecule has 1 fully saturated rings. The molecule has 1 amide bonds. The normalized spacial score (nSPS) is 14.7. The van der Waals surface area contributed by atoms with E-state index in [1.165, 1.54) is 11.1 Å². The van der Waals surface area contributed by atoms with E-state index >= 15 is 0 Å². The number of rotatable bonds is 3. The second-order valence-corrected chi connectivity index (χ2v) is 7.46. The Balaban J connectivity index is 1.53. The summed E-state index contributed by atoms with van der Waals surface area (Å²) in [5.41, 5.74) is 3.84. The SMILES string of the molecule is Cc1cc(C)cc(NC(=S)N2CCC(C(=O)Nc3ccccc3O)CC2)c1. The van der Waals surface area contributed by atoms with Gasteiger partial charge in [-0.2, -0.15) is 0 Å². The van der Waals surface area contributed by atoms with Crippen LogP contribution in [-0.4, -0.2) is 34.1 Å². The number of aryl methyl sites for hydroxylation is 2. The Morgan fingerprint density at radius 1 is 1.07 bits per heavy atom. The van der Waals surface area contributed by atoms with Crippen molar-refractivity contribution in [3.8, 4) is 5.75 Å². The number of phenolic OH excluding ortho intramolecular Hbond substituents is 1. The van der Waals surface area contributed by atoms with E-state index in [0.29, 0.717) is 10.8 Å². The van der Waals surface area contributed by atoms with Crippen molar-refractivity contribution in [1.29, 1.82) is 0 Å². The summed E-state index contributed by atoms with van der Waals surface area (Å²) in [4.78, 5) is 14.6. The van der Waals surface area contributed by atoms with Crippen LogP contribution in [0.15, 0.2) is 42.5 Å². The quantitative estimate of drug-likeness (QED) is 0.551. The van der Waals surface area contributed by atoms with Gasteiger partial charge in [0.1, 0.15) is 5.75 Å². The van der Waals surface area contributed by atoms with Gasteiger partial charge in [-0.3, -0.25) is 4.79 Å². The van der Waals surface area contributed by atoms with E-state index in [1.807, 2.05) is 0 Å². The van der Waals surface area contributed by atoms with Gasteiger partial charge in [-0.1, -0.05) is 18.2 Å². The average molecular weight is 384 g/mol. The lowest BCUT2D eigenvalue weighted by Gasteiger charge is -2.33. The molecule has 0 aliphatic carbocycles. The zero-order valence-corrected chi connectivity index (χ0v) is 16.5. The first-order valence-corrected chi connectivity index (χ1v) is 9.56. The number of aromatic hydroxyl groups is 1. The summed E-state index contributed by atoms with van der Waals surface area (Å²) in [6.45, 7) is 5.59. The molecule has 0 radical (unpaired) electrons. The predicted molar refractivity (Wildman–Crippen MR) is 113 cm³/mol. The van der Waals surface area contributed by atoms with Crippen molar-refractivity contribution in [3.63, 3.8) is 0 Å². The summed E-state index contributed by atoms with van der Waals surface area (Å²) in [5.74, 6) is -0.0451. The van der Waals surface area contributed by atoms with Crippen LogP contribution < -0.4 is 10.6 Å². The van der Waals surface area contributed by atoms with Crippen LogP contribution >= 0.6 is 12.2 Å². The van der Waals surface area contributed by atoms with Crippen molar-refractivity contribution < 1.29 is 9.90 Å². The van der Waals surface area contributed by atoms with Crippen LogP contribution in [0, 0.1) is 19.8 Å². The topological polar surface area (TPSA) is 64.6 Å². The van der Waals surface area contributed by atoms with E-state index in [-0.39, 0.29) is 17.6 Å². The van der Waals surface area contributed by atoms with Crippen molar-refractivity contribution in [2.24, 2.45) is 5.92 Å². The molecule has 0 bridgehead atoms. The Morgan fingerprint density at radius 2 is 1.70 bits per heavy atom. The number of phenols is 1. The van der Waals surface area contributed by atoms with Gasteiger partial charge in [-0.15, -0.1) is 0 Å². The number of piperidine rings is 1. The lowest BCUT2D eigenvalue weighted by molar-refractivity contribution is -0.121. The van der Waals surface area contributed by atoms with Gasteiger partial charge in [0.15, 0.2) is 5.11 Å². The third-order valence-electron chi connectivity index (χ3n) is 4.79. The molecule has 1 aliphatic heterocycles. The molecule has 3 rings (SSSR count). The highest BCUT2D eigenvalue weighted by Crippen LogP contribution is 2.25. The number of carbonyl (C=O) groups excluding carboxylic acids is 1. The number of likely N-dealkylation sites (tertiary alicyclic amines) is 1. The number of nitrogens with one attached hydrogen (secondary N) is 2. The number of benzene rings is 2. The smallest absolute Gasteiger partial charge is 0.227 e. The fourth-order valence-corrected chi connectivity index (χ4v) is 3.71. The number of amides is 1. The van der Waals surface area contributed by atoms with Gasteiger partial charge in [0.05, 0.1) is 5.69 Å². The van der Waals surface area contributed by atoms with Crippen LogP contribution in [0.25, 0.3) is 0 Å². The second-order valence-electron chi connectivity index (χ2n) is 7.07.